The quantitative estimate of drug-likeness (QED) is 0.700. The summed E-state index contributed by atoms with van der Waals surface area (Å²) in [6.45, 7) is 19.7. The van der Waals surface area contributed by atoms with Gasteiger partial charge >= 0.3 is 0 Å². The maximum Gasteiger partial charge on any atom is 0.293 e. The van der Waals surface area contributed by atoms with Crippen LogP contribution in [0.15, 0.2) is 0 Å². The van der Waals surface area contributed by atoms with Gasteiger partial charge in [-0.3, -0.25) is 4.79 Å². The molecule has 122 valence electrons. The van der Waals surface area contributed by atoms with Crippen LogP contribution in [0.5, 0.6) is 0 Å². The standard InChI is InChI=1S/C9H19N.C5H10O2.C3H8/c1-8(2)10-6-4-9(3)5-7-10;1-5(2,3)7-4-6;1-3-2/h8-9H,4-7H2,1-3H3;4H,1-3H3;3H2,1-2H3. The lowest BCUT2D eigenvalue weighted by molar-refractivity contribution is -0.138. The monoisotopic (exact) mass is 287 g/mol. The van der Waals surface area contributed by atoms with Crippen LogP contribution in [0.25, 0.3) is 0 Å². The smallest absolute Gasteiger partial charge is 0.293 e. The maximum absolute atomic E-state index is 9.60. The molecule has 1 heterocycles. The summed E-state index contributed by atoms with van der Waals surface area (Å²) in [7, 11) is 0. The van der Waals surface area contributed by atoms with Gasteiger partial charge in [-0.15, -0.1) is 0 Å². The molecule has 3 heteroatoms. The molecule has 0 aliphatic carbocycles. The van der Waals surface area contributed by atoms with Crippen molar-refractivity contribution in [1.82, 2.24) is 4.90 Å². The van der Waals surface area contributed by atoms with Crippen LogP contribution in [0.3, 0.4) is 0 Å². The highest BCUT2D eigenvalue weighted by atomic mass is 16.5. The SMILES string of the molecule is CC(C)(C)OC=O.CC1CCN(C(C)C)CC1.CCC. The number of rotatable bonds is 2. The minimum atomic E-state index is -0.318. The van der Waals surface area contributed by atoms with Gasteiger partial charge in [0.2, 0.25) is 0 Å². The molecule has 0 amide bonds. The van der Waals surface area contributed by atoms with E-state index in [0.29, 0.717) is 6.47 Å². The van der Waals surface area contributed by atoms with Gasteiger partial charge in [0.25, 0.3) is 6.47 Å². The zero-order chi connectivity index (χ0) is 16.2. The highest BCUT2D eigenvalue weighted by Crippen LogP contribution is 2.17. The van der Waals surface area contributed by atoms with Gasteiger partial charge in [-0.25, -0.2) is 0 Å². The van der Waals surface area contributed by atoms with Gasteiger partial charge in [0, 0.05) is 6.04 Å². The molecule has 0 aromatic heterocycles. The van der Waals surface area contributed by atoms with Crippen LogP contribution in [0, 0.1) is 5.92 Å². The van der Waals surface area contributed by atoms with Crippen LogP contribution in [0.1, 0.15) is 74.7 Å². The molecular weight excluding hydrogens is 250 g/mol. The number of hydrogen-bond acceptors (Lipinski definition) is 3. The Morgan fingerprint density at radius 3 is 1.80 bits per heavy atom. The van der Waals surface area contributed by atoms with Gasteiger partial charge in [-0.1, -0.05) is 27.2 Å². The molecule has 1 saturated heterocycles. The van der Waals surface area contributed by atoms with E-state index >= 15 is 0 Å². The van der Waals surface area contributed by atoms with Crippen molar-refractivity contribution in [3.63, 3.8) is 0 Å². The van der Waals surface area contributed by atoms with Crippen LogP contribution in [0.4, 0.5) is 0 Å². The minimum Gasteiger partial charge on any atom is -0.462 e. The van der Waals surface area contributed by atoms with E-state index in [9.17, 15) is 4.79 Å². The molecule has 3 nitrogen and oxygen atoms in total. The fourth-order valence-electron chi connectivity index (χ4n) is 1.69. The number of ether oxygens (including phenoxy) is 1. The third kappa shape index (κ3) is 15.5. The van der Waals surface area contributed by atoms with E-state index in [1.807, 2.05) is 20.8 Å². The lowest BCUT2D eigenvalue weighted by Crippen LogP contribution is -2.37. The van der Waals surface area contributed by atoms with Gasteiger partial charge in [0.05, 0.1) is 0 Å². The Morgan fingerprint density at radius 2 is 1.60 bits per heavy atom. The lowest BCUT2D eigenvalue weighted by atomic mass is 9.98. The Kier molecular flexibility index (Phi) is 13.2. The molecule has 0 aromatic rings. The summed E-state index contributed by atoms with van der Waals surface area (Å²) in [4.78, 5) is 12.2. The van der Waals surface area contributed by atoms with Crippen LogP contribution < -0.4 is 0 Å². The Morgan fingerprint density at radius 1 is 1.20 bits per heavy atom. The van der Waals surface area contributed by atoms with Gasteiger partial charge < -0.3 is 9.64 Å². The molecule has 0 unspecified atom stereocenters. The van der Waals surface area contributed by atoms with Crippen molar-refractivity contribution in [1.29, 1.82) is 0 Å². The summed E-state index contributed by atoms with van der Waals surface area (Å²) in [6.07, 6.45) is 4.05. The first-order valence-electron chi connectivity index (χ1n) is 8.03. The van der Waals surface area contributed by atoms with Gasteiger partial charge in [-0.05, 0) is 66.5 Å². The first kappa shape index (κ1) is 21.7. The number of hydrogen-bond donors (Lipinski definition) is 0. The van der Waals surface area contributed by atoms with Crippen molar-refractivity contribution < 1.29 is 9.53 Å². The molecule has 1 aliphatic heterocycles. The Bertz CT molecular complexity index is 214. The first-order valence-corrected chi connectivity index (χ1v) is 8.03. The first-order chi connectivity index (χ1) is 9.17. The van der Waals surface area contributed by atoms with E-state index < -0.39 is 0 Å². The molecule has 0 atom stereocenters. The number of piperidine rings is 1. The zero-order valence-corrected chi connectivity index (χ0v) is 15.0. The van der Waals surface area contributed by atoms with Crippen LogP contribution >= 0.6 is 0 Å². The second-order valence-corrected chi connectivity index (χ2v) is 6.85. The molecule has 0 saturated carbocycles. The summed E-state index contributed by atoms with van der Waals surface area (Å²) in [5.74, 6) is 0.968. The second-order valence-electron chi connectivity index (χ2n) is 6.85. The van der Waals surface area contributed by atoms with E-state index in [2.05, 4.69) is 44.3 Å². The number of carbonyl (C=O) groups is 1. The predicted molar refractivity (Wildman–Crippen MR) is 88.0 cm³/mol. The molecule has 1 fully saturated rings. The van der Waals surface area contributed by atoms with Crippen molar-refractivity contribution in [2.75, 3.05) is 13.1 Å². The fraction of sp³-hybridized carbons (Fsp3) is 0.941. The average molecular weight is 287 g/mol. The third-order valence-corrected chi connectivity index (χ3v) is 2.95. The Labute approximate surface area is 127 Å². The topological polar surface area (TPSA) is 29.5 Å². The van der Waals surface area contributed by atoms with Crippen LogP contribution in [0.2, 0.25) is 0 Å². The van der Waals surface area contributed by atoms with Crippen molar-refractivity contribution >= 4 is 6.47 Å². The highest BCUT2D eigenvalue weighted by Gasteiger charge is 2.16. The Balaban J connectivity index is 0. The molecule has 1 rings (SSSR count). The van der Waals surface area contributed by atoms with E-state index in [4.69, 9.17) is 0 Å². The normalized spacial score (nSPS) is 16.6. The maximum atomic E-state index is 9.60. The number of likely N-dealkylation sites (tertiary alicyclic amines) is 1. The number of carbonyl (C=O) groups excluding carboxylic acids is 1. The van der Waals surface area contributed by atoms with Gasteiger partial charge in [-0.2, -0.15) is 0 Å². The second kappa shape index (κ2) is 12.2. The van der Waals surface area contributed by atoms with Crippen molar-refractivity contribution in [2.45, 2.75) is 86.3 Å². The van der Waals surface area contributed by atoms with E-state index in [1.54, 1.807) is 0 Å². The molecule has 0 bridgehead atoms. The summed E-state index contributed by atoms with van der Waals surface area (Å²) in [6, 6.07) is 0.757. The van der Waals surface area contributed by atoms with Crippen LogP contribution in [-0.2, 0) is 9.53 Å². The lowest BCUT2D eigenvalue weighted by Gasteiger charge is -2.33. The largest absolute Gasteiger partial charge is 0.462 e. The molecule has 0 N–H and O–H groups in total. The van der Waals surface area contributed by atoms with E-state index in [1.165, 1.54) is 32.4 Å². The molecular formula is C17H37NO2. The molecule has 1 aliphatic rings. The Hall–Kier alpha value is -0.570. The minimum absolute atomic E-state index is 0.318. The van der Waals surface area contributed by atoms with Crippen molar-refractivity contribution in [3.05, 3.63) is 0 Å². The van der Waals surface area contributed by atoms with Crippen molar-refractivity contribution in [3.8, 4) is 0 Å². The van der Waals surface area contributed by atoms with Gasteiger partial charge in [0.1, 0.15) is 5.60 Å². The molecule has 0 aromatic carbocycles. The van der Waals surface area contributed by atoms with E-state index in [-0.39, 0.29) is 5.60 Å². The van der Waals surface area contributed by atoms with Gasteiger partial charge in [0.15, 0.2) is 0 Å². The van der Waals surface area contributed by atoms with Crippen molar-refractivity contribution in [2.24, 2.45) is 5.92 Å². The highest BCUT2D eigenvalue weighted by molar-refractivity contribution is 5.37. The average Bonchev–Trinajstić information content (AvgIpc) is 2.29. The zero-order valence-electron chi connectivity index (χ0n) is 15.0. The summed E-state index contributed by atoms with van der Waals surface area (Å²) in [5.41, 5.74) is -0.318. The summed E-state index contributed by atoms with van der Waals surface area (Å²) >= 11 is 0. The molecule has 0 radical (unpaired) electrons. The molecule has 20 heavy (non-hydrogen) atoms. The number of nitrogens with zero attached hydrogens (tertiary/aromatic N) is 1. The summed E-state index contributed by atoms with van der Waals surface area (Å²) in [5, 5.41) is 0. The third-order valence-electron chi connectivity index (χ3n) is 2.95. The fourth-order valence-corrected chi connectivity index (χ4v) is 1.69. The van der Waals surface area contributed by atoms with E-state index in [0.717, 1.165) is 12.0 Å². The summed E-state index contributed by atoms with van der Waals surface area (Å²) < 4.78 is 4.55. The van der Waals surface area contributed by atoms with Crippen LogP contribution in [-0.4, -0.2) is 36.1 Å². The molecule has 0 spiro atoms. The predicted octanol–water partition coefficient (Wildman–Crippen LogP) is 4.50.